The normalized spacial score (nSPS) is 14.6. The Morgan fingerprint density at radius 1 is 1.05 bits per heavy atom. The maximum Gasteiger partial charge on any atom is 0.192 e. The predicted octanol–water partition coefficient (Wildman–Crippen LogP) is 6.12. The van der Waals surface area contributed by atoms with Gasteiger partial charge in [-0.15, -0.1) is 6.58 Å². The van der Waals surface area contributed by atoms with Crippen molar-refractivity contribution in [1.29, 1.82) is 0 Å². The molecule has 0 spiro atoms. The monoisotopic (exact) mass is 550 g/mol. The Morgan fingerprint density at radius 2 is 1.68 bits per heavy atom. The van der Waals surface area contributed by atoms with Crippen LogP contribution in [0.5, 0.6) is 0 Å². The highest BCUT2D eigenvalue weighted by atomic mass is 28.4. The Balaban J connectivity index is 2.90. The fraction of sp³-hybridized carbons (Fsp3) is 0.667. The molecule has 0 aliphatic rings. The van der Waals surface area contributed by atoms with Gasteiger partial charge in [0.25, 0.3) is 0 Å². The number of carbonyl (C=O) groups is 2. The van der Waals surface area contributed by atoms with Crippen molar-refractivity contribution in [3.8, 4) is 0 Å². The third-order valence-electron chi connectivity index (χ3n) is 7.27. The van der Waals surface area contributed by atoms with Crippen LogP contribution in [0, 0.1) is 5.41 Å². The van der Waals surface area contributed by atoms with Gasteiger partial charge in [-0.1, -0.05) is 71.0 Å². The Morgan fingerprint density at radius 3 is 2.21 bits per heavy atom. The Kier molecular flexibility index (Phi) is 16.1. The van der Waals surface area contributed by atoms with E-state index in [4.69, 9.17) is 23.4 Å². The van der Waals surface area contributed by atoms with Crippen LogP contribution < -0.4 is 0 Å². The lowest BCUT2D eigenvalue weighted by Crippen LogP contribution is -2.43. The number of Topliss-reactive ketones (excluding diaryl/α,β-unsaturated/α-hetero) is 2. The average molecular weight is 551 g/mol. The summed E-state index contributed by atoms with van der Waals surface area (Å²) < 4.78 is 29.1. The minimum Gasteiger partial charge on any atom is -0.413 e. The number of rotatable bonds is 22. The zero-order chi connectivity index (χ0) is 28.6. The standard InChI is InChI=1S/C30H50O7Si/c1-9-27(36-23-33-7)28(34-8)20-26(37-38(10-2,11-3)12-4)18-25(31)19-29(32)30(5,6)22-35-21-24-16-14-13-15-17-24/h9,13-17,26-28H,1,10-12,18-23H2,2-8H3/t26-,27-,28-/m0/s1. The van der Waals surface area contributed by atoms with Crippen LogP contribution in [0.15, 0.2) is 43.0 Å². The van der Waals surface area contributed by atoms with Gasteiger partial charge in [0.2, 0.25) is 0 Å². The van der Waals surface area contributed by atoms with Crippen LogP contribution in [0.1, 0.15) is 59.4 Å². The first-order chi connectivity index (χ1) is 18.1. The molecular weight excluding hydrogens is 500 g/mol. The fourth-order valence-electron chi connectivity index (χ4n) is 4.45. The van der Waals surface area contributed by atoms with Gasteiger partial charge in [0.05, 0.1) is 31.8 Å². The van der Waals surface area contributed by atoms with Gasteiger partial charge in [-0.25, -0.2) is 0 Å². The summed E-state index contributed by atoms with van der Waals surface area (Å²) in [5.41, 5.74) is 0.272. The van der Waals surface area contributed by atoms with Crippen molar-refractivity contribution >= 4 is 19.9 Å². The second-order valence-corrected chi connectivity index (χ2v) is 15.2. The SMILES string of the molecule is C=C[C@H](OCOC)[C@H](C[C@H](CC(=O)CC(=O)C(C)(C)COCc1ccccc1)O[Si](CC)(CC)CC)OC. The van der Waals surface area contributed by atoms with Crippen LogP contribution in [0.3, 0.4) is 0 Å². The van der Waals surface area contributed by atoms with E-state index in [1.54, 1.807) is 20.3 Å². The van der Waals surface area contributed by atoms with E-state index in [9.17, 15) is 9.59 Å². The van der Waals surface area contributed by atoms with Gasteiger partial charge in [0, 0.05) is 32.5 Å². The van der Waals surface area contributed by atoms with Crippen molar-refractivity contribution in [3.05, 3.63) is 48.6 Å². The highest BCUT2D eigenvalue weighted by Crippen LogP contribution is 2.28. The summed E-state index contributed by atoms with van der Waals surface area (Å²) in [6.45, 7) is 14.8. The quantitative estimate of drug-likeness (QED) is 0.0745. The molecule has 0 fully saturated rings. The number of ether oxygens (including phenoxy) is 4. The van der Waals surface area contributed by atoms with Crippen LogP contribution in [-0.4, -0.2) is 65.8 Å². The summed E-state index contributed by atoms with van der Waals surface area (Å²) in [5, 5.41) is 0. The van der Waals surface area contributed by atoms with Crippen LogP contribution in [0.4, 0.5) is 0 Å². The topological polar surface area (TPSA) is 80.3 Å². The van der Waals surface area contributed by atoms with Crippen molar-refractivity contribution in [2.75, 3.05) is 27.6 Å². The number of carbonyl (C=O) groups excluding carboxylic acids is 2. The van der Waals surface area contributed by atoms with Gasteiger partial charge in [0.15, 0.2) is 8.32 Å². The molecule has 1 aromatic rings. The maximum absolute atomic E-state index is 13.2. The molecule has 0 aromatic heterocycles. The lowest BCUT2D eigenvalue weighted by atomic mass is 9.85. The lowest BCUT2D eigenvalue weighted by molar-refractivity contribution is -0.136. The zero-order valence-corrected chi connectivity index (χ0v) is 25.6. The summed E-state index contributed by atoms with van der Waals surface area (Å²) in [5.74, 6) is -0.264. The third-order valence-corrected chi connectivity index (χ3v) is 12.0. The molecule has 1 aromatic carbocycles. The fourth-order valence-corrected chi connectivity index (χ4v) is 7.33. The molecule has 0 radical (unpaired) electrons. The van der Waals surface area contributed by atoms with Gasteiger partial charge in [-0.05, 0) is 23.7 Å². The molecule has 0 unspecified atom stereocenters. The number of ketones is 2. The molecular formula is C30H50O7Si. The van der Waals surface area contributed by atoms with Crippen molar-refractivity contribution in [3.63, 3.8) is 0 Å². The molecule has 0 amide bonds. The molecule has 216 valence electrons. The first-order valence-electron chi connectivity index (χ1n) is 13.7. The number of methoxy groups -OCH3 is 2. The molecule has 0 bridgehead atoms. The second kappa shape index (κ2) is 17.8. The van der Waals surface area contributed by atoms with Crippen molar-refractivity contribution < 1.29 is 33.0 Å². The van der Waals surface area contributed by atoms with E-state index < -0.39 is 19.8 Å². The third kappa shape index (κ3) is 11.6. The van der Waals surface area contributed by atoms with Crippen molar-refractivity contribution in [2.45, 2.75) is 96.9 Å². The first-order valence-corrected chi connectivity index (χ1v) is 16.2. The molecule has 0 N–H and O–H groups in total. The molecule has 1 rings (SSSR count). The zero-order valence-electron chi connectivity index (χ0n) is 24.6. The van der Waals surface area contributed by atoms with Crippen LogP contribution >= 0.6 is 0 Å². The molecule has 38 heavy (non-hydrogen) atoms. The van der Waals surface area contributed by atoms with Gasteiger partial charge < -0.3 is 23.4 Å². The molecule has 0 saturated heterocycles. The van der Waals surface area contributed by atoms with Crippen molar-refractivity contribution in [2.24, 2.45) is 5.41 Å². The molecule has 0 saturated carbocycles. The Hall–Kier alpha value is -1.68. The molecule has 3 atom stereocenters. The van der Waals surface area contributed by atoms with Crippen LogP contribution in [0.2, 0.25) is 18.1 Å². The summed E-state index contributed by atoms with van der Waals surface area (Å²) in [7, 11) is 1.14. The molecule has 7 nitrogen and oxygen atoms in total. The minimum absolute atomic E-state index is 0.106. The van der Waals surface area contributed by atoms with Gasteiger partial charge in [-0.2, -0.15) is 0 Å². The number of hydrogen-bond donors (Lipinski definition) is 0. The van der Waals surface area contributed by atoms with E-state index in [0.717, 1.165) is 23.7 Å². The van der Waals surface area contributed by atoms with E-state index >= 15 is 0 Å². The molecule has 0 aliphatic carbocycles. The van der Waals surface area contributed by atoms with Gasteiger partial charge in [-0.3, -0.25) is 9.59 Å². The van der Waals surface area contributed by atoms with Gasteiger partial charge >= 0.3 is 0 Å². The van der Waals surface area contributed by atoms with Gasteiger partial charge in [0.1, 0.15) is 24.5 Å². The number of hydrogen-bond acceptors (Lipinski definition) is 7. The summed E-state index contributed by atoms with van der Waals surface area (Å²) in [6.07, 6.45) is 0.976. The maximum atomic E-state index is 13.2. The Bertz CT molecular complexity index is 815. The average Bonchev–Trinajstić information content (AvgIpc) is 2.91. The largest absolute Gasteiger partial charge is 0.413 e. The number of benzene rings is 1. The van der Waals surface area contributed by atoms with E-state index in [1.165, 1.54) is 0 Å². The van der Waals surface area contributed by atoms with E-state index in [1.807, 2.05) is 44.2 Å². The van der Waals surface area contributed by atoms with Crippen molar-refractivity contribution in [1.82, 2.24) is 0 Å². The smallest absolute Gasteiger partial charge is 0.192 e. The molecule has 0 aliphatic heterocycles. The predicted molar refractivity (Wildman–Crippen MR) is 154 cm³/mol. The minimum atomic E-state index is -2.03. The first kappa shape index (κ1) is 34.3. The Labute approximate surface area is 231 Å². The molecule has 8 heteroatoms. The van der Waals surface area contributed by atoms with E-state index in [-0.39, 0.29) is 50.0 Å². The van der Waals surface area contributed by atoms with E-state index in [0.29, 0.717) is 13.0 Å². The van der Waals surface area contributed by atoms with Crippen LogP contribution in [-0.2, 0) is 39.6 Å². The summed E-state index contributed by atoms with van der Waals surface area (Å²) >= 11 is 0. The summed E-state index contributed by atoms with van der Waals surface area (Å²) in [4.78, 5) is 26.3. The lowest BCUT2D eigenvalue weighted by Gasteiger charge is -2.35. The summed E-state index contributed by atoms with van der Waals surface area (Å²) in [6, 6.07) is 12.7. The highest BCUT2D eigenvalue weighted by Gasteiger charge is 2.36. The van der Waals surface area contributed by atoms with E-state index in [2.05, 4.69) is 27.4 Å². The van der Waals surface area contributed by atoms with Crippen LogP contribution in [0.25, 0.3) is 0 Å². The highest BCUT2D eigenvalue weighted by molar-refractivity contribution is 6.73. The molecule has 0 heterocycles. The second-order valence-electron chi connectivity index (χ2n) is 10.5.